The third kappa shape index (κ3) is 1.50. The molecule has 0 aromatic rings. The van der Waals surface area contributed by atoms with Crippen molar-refractivity contribution in [1.29, 1.82) is 0 Å². The third-order valence-corrected chi connectivity index (χ3v) is 9.02. The van der Waals surface area contributed by atoms with Gasteiger partial charge in [-0.15, -0.1) is 0 Å². The summed E-state index contributed by atoms with van der Waals surface area (Å²) < 4.78 is 6.68. The van der Waals surface area contributed by atoms with E-state index in [0.29, 0.717) is 11.5 Å². The Morgan fingerprint density at radius 2 is 2.09 bits per heavy atom. The second-order valence-electron chi connectivity index (χ2n) is 9.66. The van der Waals surface area contributed by atoms with Gasteiger partial charge in [-0.05, 0) is 68.1 Å². The van der Waals surface area contributed by atoms with Crippen molar-refractivity contribution in [3.8, 4) is 0 Å². The minimum absolute atomic E-state index is 0.153. The molecule has 4 fully saturated rings. The predicted octanol–water partition coefficient (Wildman–Crippen LogP) is 5.52. The molecule has 1 aliphatic heterocycles. The van der Waals surface area contributed by atoms with Crippen molar-refractivity contribution in [1.82, 2.24) is 0 Å². The van der Waals surface area contributed by atoms with Gasteiger partial charge in [0.15, 0.2) is 0 Å². The zero-order valence-corrected chi connectivity index (χ0v) is 15.3. The second-order valence-corrected chi connectivity index (χ2v) is 9.66. The van der Waals surface area contributed by atoms with Crippen molar-refractivity contribution in [2.24, 2.45) is 34.5 Å². The SMILES string of the molecule is CC[C@H]1[C@@H](C)C[C@H]2[C@@H]3CCC4=CCC=C[C@]4(C)[C@@]34O[C@H]4C[C@]12C. The lowest BCUT2D eigenvalue weighted by molar-refractivity contribution is -0.0120. The Kier molecular flexibility index (Phi) is 2.78. The number of ether oxygens (including phenoxy) is 1. The number of hydrogen-bond acceptors (Lipinski definition) is 1. The van der Waals surface area contributed by atoms with E-state index >= 15 is 0 Å². The van der Waals surface area contributed by atoms with E-state index in [2.05, 4.69) is 45.9 Å². The molecule has 1 saturated heterocycles. The molecule has 1 nitrogen and oxygen atoms in total. The fraction of sp³-hybridized carbons (Fsp3) is 0.818. The van der Waals surface area contributed by atoms with Crippen LogP contribution >= 0.6 is 0 Å². The van der Waals surface area contributed by atoms with E-state index in [-0.39, 0.29) is 11.0 Å². The number of hydrogen-bond donors (Lipinski definition) is 0. The molecule has 1 heteroatoms. The van der Waals surface area contributed by atoms with Gasteiger partial charge in [-0.3, -0.25) is 0 Å². The first-order valence-corrected chi connectivity index (χ1v) is 10.0. The van der Waals surface area contributed by atoms with Crippen LogP contribution in [0, 0.1) is 34.5 Å². The van der Waals surface area contributed by atoms with Crippen LogP contribution in [0.2, 0.25) is 0 Å². The van der Waals surface area contributed by atoms with Gasteiger partial charge in [0.1, 0.15) is 5.60 Å². The Labute approximate surface area is 141 Å². The molecule has 1 spiro atoms. The molecule has 4 aliphatic carbocycles. The summed E-state index contributed by atoms with van der Waals surface area (Å²) in [5.74, 6) is 3.47. The smallest absolute Gasteiger partial charge is 0.110 e. The zero-order valence-electron chi connectivity index (χ0n) is 15.3. The van der Waals surface area contributed by atoms with Crippen molar-refractivity contribution >= 4 is 0 Å². The lowest BCUT2D eigenvalue weighted by Gasteiger charge is -2.54. The highest BCUT2D eigenvalue weighted by Crippen LogP contribution is 2.76. The average Bonchev–Trinajstić information content (AvgIpc) is 3.16. The van der Waals surface area contributed by atoms with Gasteiger partial charge in [0.05, 0.1) is 6.10 Å². The summed E-state index contributed by atoms with van der Waals surface area (Å²) in [6, 6.07) is 0. The van der Waals surface area contributed by atoms with Gasteiger partial charge >= 0.3 is 0 Å². The van der Waals surface area contributed by atoms with Gasteiger partial charge in [-0.1, -0.05) is 51.0 Å². The van der Waals surface area contributed by atoms with Crippen LogP contribution < -0.4 is 0 Å². The Morgan fingerprint density at radius 1 is 1.26 bits per heavy atom. The summed E-state index contributed by atoms with van der Waals surface area (Å²) >= 11 is 0. The zero-order chi connectivity index (χ0) is 16.0. The van der Waals surface area contributed by atoms with Crippen LogP contribution in [0.1, 0.15) is 66.2 Å². The Bertz CT molecular complexity index is 603. The van der Waals surface area contributed by atoms with Crippen LogP contribution in [0.15, 0.2) is 23.8 Å². The number of epoxide rings is 1. The van der Waals surface area contributed by atoms with Crippen LogP contribution in [-0.4, -0.2) is 11.7 Å². The van der Waals surface area contributed by atoms with Gasteiger partial charge in [0.25, 0.3) is 0 Å². The highest BCUT2D eigenvalue weighted by molar-refractivity contribution is 5.41. The monoisotopic (exact) mass is 312 g/mol. The molecule has 5 rings (SSSR count). The maximum Gasteiger partial charge on any atom is 0.110 e. The summed E-state index contributed by atoms with van der Waals surface area (Å²) in [6.45, 7) is 10.0. The maximum absolute atomic E-state index is 6.68. The normalized spacial score (nSPS) is 59.5. The molecular weight excluding hydrogens is 280 g/mol. The molecule has 5 aliphatic rings. The van der Waals surface area contributed by atoms with Gasteiger partial charge in [-0.25, -0.2) is 0 Å². The molecular formula is C22H32O. The summed E-state index contributed by atoms with van der Waals surface area (Å²) in [5.41, 5.74) is 2.55. The third-order valence-electron chi connectivity index (χ3n) is 9.02. The Morgan fingerprint density at radius 3 is 2.87 bits per heavy atom. The van der Waals surface area contributed by atoms with Crippen LogP contribution in [0.4, 0.5) is 0 Å². The summed E-state index contributed by atoms with van der Waals surface area (Å²) in [5, 5.41) is 0. The van der Waals surface area contributed by atoms with Crippen molar-refractivity contribution in [3.05, 3.63) is 23.8 Å². The molecule has 126 valence electrons. The average molecular weight is 312 g/mol. The van der Waals surface area contributed by atoms with Gasteiger partial charge in [-0.2, -0.15) is 0 Å². The van der Waals surface area contributed by atoms with Crippen LogP contribution in [0.25, 0.3) is 0 Å². The Hall–Kier alpha value is -0.560. The maximum atomic E-state index is 6.68. The molecule has 0 aromatic heterocycles. The minimum atomic E-state index is 0.153. The lowest BCUT2D eigenvalue weighted by atomic mass is 9.47. The van der Waals surface area contributed by atoms with Crippen LogP contribution in [-0.2, 0) is 4.74 Å². The number of fused-ring (bicyclic) bond motifs is 3. The van der Waals surface area contributed by atoms with Gasteiger partial charge in [0.2, 0.25) is 0 Å². The molecule has 3 saturated carbocycles. The van der Waals surface area contributed by atoms with E-state index in [9.17, 15) is 0 Å². The first-order chi connectivity index (χ1) is 11.0. The molecule has 1 heterocycles. The van der Waals surface area contributed by atoms with Gasteiger partial charge < -0.3 is 4.74 Å². The summed E-state index contributed by atoms with van der Waals surface area (Å²) in [6.07, 6.45) is 15.8. The van der Waals surface area contributed by atoms with E-state index in [0.717, 1.165) is 30.1 Å². The van der Waals surface area contributed by atoms with E-state index in [1.165, 1.54) is 32.1 Å². The fourth-order valence-electron chi connectivity index (χ4n) is 8.12. The topological polar surface area (TPSA) is 12.5 Å². The second kappa shape index (κ2) is 4.34. The molecule has 0 bridgehead atoms. The summed E-state index contributed by atoms with van der Waals surface area (Å²) in [7, 11) is 0. The van der Waals surface area contributed by atoms with Crippen molar-refractivity contribution in [2.45, 2.75) is 77.9 Å². The van der Waals surface area contributed by atoms with Crippen molar-refractivity contribution in [3.63, 3.8) is 0 Å². The van der Waals surface area contributed by atoms with Gasteiger partial charge in [0, 0.05) is 5.41 Å². The minimum Gasteiger partial charge on any atom is -0.364 e. The predicted molar refractivity (Wildman–Crippen MR) is 94.1 cm³/mol. The van der Waals surface area contributed by atoms with E-state index in [4.69, 9.17) is 4.74 Å². The van der Waals surface area contributed by atoms with Crippen LogP contribution in [0.5, 0.6) is 0 Å². The molecule has 0 unspecified atom stereocenters. The highest BCUT2D eigenvalue weighted by atomic mass is 16.6. The van der Waals surface area contributed by atoms with Crippen molar-refractivity contribution < 1.29 is 4.74 Å². The Balaban J connectivity index is 1.59. The largest absolute Gasteiger partial charge is 0.364 e. The first-order valence-electron chi connectivity index (χ1n) is 10.0. The lowest BCUT2D eigenvalue weighted by Crippen LogP contribution is -2.56. The first kappa shape index (κ1) is 14.8. The number of rotatable bonds is 1. The molecule has 0 aromatic carbocycles. The van der Waals surface area contributed by atoms with E-state index in [1.807, 2.05) is 0 Å². The van der Waals surface area contributed by atoms with E-state index in [1.54, 1.807) is 5.57 Å². The molecule has 8 atom stereocenters. The molecule has 0 N–H and O–H groups in total. The summed E-state index contributed by atoms with van der Waals surface area (Å²) in [4.78, 5) is 0. The fourth-order valence-corrected chi connectivity index (χ4v) is 8.12. The quantitative estimate of drug-likeness (QED) is 0.459. The van der Waals surface area contributed by atoms with Crippen molar-refractivity contribution in [2.75, 3.05) is 0 Å². The molecule has 0 amide bonds. The van der Waals surface area contributed by atoms with Crippen LogP contribution in [0.3, 0.4) is 0 Å². The highest BCUT2D eigenvalue weighted by Gasteiger charge is 2.78. The number of allylic oxidation sites excluding steroid dienone is 2. The molecule has 0 radical (unpaired) electrons. The molecule has 23 heavy (non-hydrogen) atoms. The standard InChI is InChI=1S/C22H32O/c1-5-16-14(2)12-18-17-10-9-15-8-6-7-11-21(15,4)22(17)19(23-22)13-20(16,18)3/h7-8,11,14,16-19H,5-6,9-10,12-13H2,1-4H3/t14-,16-,17-,18-,19-,20+,21-,22+/m0/s1. The van der Waals surface area contributed by atoms with E-state index < -0.39 is 0 Å².